The molecule has 0 aliphatic carbocycles. The second-order valence-corrected chi connectivity index (χ2v) is 4.52. The van der Waals surface area contributed by atoms with Crippen LogP contribution in [0, 0.1) is 5.82 Å². The summed E-state index contributed by atoms with van der Waals surface area (Å²) in [5, 5.41) is 14.3. The molecule has 0 saturated heterocycles. The molecule has 108 valence electrons. The zero-order chi connectivity index (χ0) is 15.4. The number of aromatic carboxylic acids is 1. The van der Waals surface area contributed by atoms with Gasteiger partial charge in [-0.3, -0.25) is 0 Å². The topological polar surface area (TPSA) is 78.4 Å². The Hall–Kier alpha value is -2.60. The van der Waals surface area contributed by atoms with Crippen LogP contribution in [0.15, 0.2) is 42.5 Å². The Morgan fingerprint density at radius 1 is 1.05 bits per heavy atom. The van der Waals surface area contributed by atoms with Crippen molar-refractivity contribution in [1.82, 2.24) is 0 Å². The molecule has 0 aliphatic heterocycles. The molecule has 0 saturated carbocycles. The van der Waals surface area contributed by atoms with E-state index < -0.39 is 17.8 Å². The average Bonchev–Trinajstić information content (AvgIpc) is 2.41. The van der Waals surface area contributed by atoms with Gasteiger partial charge < -0.3 is 15.7 Å². The van der Waals surface area contributed by atoms with Crippen LogP contribution in [0.1, 0.15) is 10.4 Å². The minimum Gasteiger partial charge on any atom is -0.478 e. The van der Waals surface area contributed by atoms with Crippen molar-refractivity contribution in [1.29, 1.82) is 0 Å². The molecule has 2 aromatic carbocycles. The maximum atomic E-state index is 13.2. The highest BCUT2D eigenvalue weighted by atomic mass is 35.5. The van der Waals surface area contributed by atoms with Gasteiger partial charge in [-0.1, -0.05) is 11.6 Å². The highest BCUT2D eigenvalue weighted by molar-refractivity contribution is 6.30. The fourth-order valence-electron chi connectivity index (χ4n) is 1.62. The van der Waals surface area contributed by atoms with Crippen LogP contribution >= 0.6 is 11.6 Å². The van der Waals surface area contributed by atoms with Crippen LogP contribution < -0.4 is 10.6 Å². The quantitative estimate of drug-likeness (QED) is 0.806. The van der Waals surface area contributed by atoms with Gasteiger partial charge in [0, 0.05) is 10.7 Å². The lowest BCUT2D eigenvalue weighted by Gasteiger charge is -2.10. The third kappa shape index (κ3) is 3.93. The van der Waals surface area contributed by atoms with Crippen molar-refractivity contribution in [2.75, 3.05) is 10.6 Å². The number of nitrogens with one attached hydrogen (secondary N) is 2. The molecule has 5 nitrogen and oxygen atoms in total. The lowest BCUT2D eigenvalue weighted by Crippen LogP contribution is -2.21. The predicted octanol–water partition coefficient (Wildman–Crippen LogP) is 3.82. The number of urea groups is 1. The smallest absolute Gasteiger partial charge is 0.337 e. The summed E-state index contributed by atoms with van der Waals surface area (Å²) in [6.45, 7) is 0. The number of carbonyl (C=O) groups is 2. The number of hydrogen-bond acceptors (Lipinski definition) is 2. The molecule has 0 aliphatic rings. The Labute approximate surface area is 124 Å². The Morgan fingerprint density at radius 3 is 2.33 bits per heavy atom. The normalized spacial score (nSPS) is 10.0. The molecule has 0 bridgehead atoms. The van der Waals surface area contributed by atoms with E-state index in [1.807, 2.05) is 0 Å². The summed E-state index contributed by atoms with van der Waals surface area (Å²) in [6, 6.07) is 8.65. The van der Waals surface area contributed by atoms with E-state index in [0.29, 0.717) is 10.7 Å². The number of anilines is 2. The molecule has 0 fully saturated rings. The molecule has 0 unspecified atom stereocenters. The molecule has 2 amide bonds. The molecule has 2 aromatic rings. The minimum atomic E-state index is -1.27. The van der Waals surface area contributed by atoms with Crippen LogP contribution in [0.2, 0.25) is 5.02 Å². The van der Waals surface area contributed by atoms with Crippen molar-refractivity contribution in [3.8, 4) is 0 Å². The lowest BCUT2D eigenvalue weighted by atomic mass is 10.2. The fraction of sp³-hybridized carbons (Fsp3) is 0. The highest BCUT2D eigenvalue weighted by Gasteiger charge is 2.13. The maximum Gasteiger partial charge on any atom is 0.337 e. The van der Waals surface area contributed by atoms with Crippen LogP contribution in [0.3, 0.4) is 0 Å². The van der Waals surface area contributed by atoms with Gasteiger partial charge in [0.05, 0.1) is 11.3 Å². The van der Waals surface area contributed by atoms with Crippen LogP contribution in [0.4, 0.5) is 20.6 Å². The summed E-state index contributed by atoms with van der Waals surface area (Å²) in [5.74, 6) is -1.92. The molecule has 0 spiro atoms. The van der Waals surface area contributed by atoms with Crippen molar-refractivity contribution < 1.29 is 19.1 Å². The number of carboxylic acid groups (broad SMARTS) is 1. The van der Waals surface area contributed by atoms with Gasteiger partial charge >= 0.3 is 12.0 Å². The summed E-state index contributed by atoms with van der Waals surface area (Å²) in [7, 11) is 0. The van der Waals surface area contributed by atoms with Gasteiger partial charge in [-0.05, 0) is 42.5 Å². The van der Waals surface area contributed by atoms with Crippen molar-refractivity contribution in [2.24, 2.45) is 0 Å². The molecule has 0 aromatic heterocycles. The van der Waals surface area contributed by atoms with Crippen molar-refractivity contribution >= 4 is 35.0 Å². The Morgan fingerprint density at radius 2 is 1.71 bits per heavy atom. The number of rotatable bonds is 3. The van der Waals surface area contributed by atoms with Gasteiger partial charge in [0.25, 0.3) is 0 Å². The Kier molecular flexibility index (Phi) is 4.39. The maximum absolute atomic E-state index is 13.2. The summed E-state index contributed by atoms with van der Waals surface area (Å²) in [5.41, 5.74) is 0.127. The van der Waals surface area contributed by atoms with E-state index in [1.54, 1.807) is 24.3 Å². The number of benzene rings is 2. The van der Waals surface area contributed by atoms with E-state index in [9.17, 15) is 14.0 Å². The minimum absolute atomic E-state index is 0.131. The van der Waals surface area contributed by atoms with Crippen LogP contribution in [0.5, 0.6) is 0 Å². The number of amides is 2. The van der Waals surface area contributed by atoms with E-state index in [2.05, 4.69) is 10.6 Å². The Bertz CT molecular complexity index is 689. The van der Waals surface area contributed by atoms with E-state index >= 15 is 0 Å². The first-order chi connectivity index (χ1) is 9.95. The first-order valence-corrected chi connectivity index (χ1v) is 6.20. The first-order valence-electron chi connectivity index (χ1n) is 5.82. The fourth-order valence-corrected chi connectivity index (χ4v) is 1.75. The zero-order valence-corrected chi connectivity index (χ0v) is 11.3. The molecular weight excluding hydrogens is 299 g/mol. The molecular formula is C14H10ClFN2O3. The standard InChI is InChI=1S/C14H10ClFN2O3/c15-8-1-4-10(5-2-8)17-14(21)18-12-7-9(16)3-6-11(12)13(19)20/h1-7H,(H,19,20)(H2,17,18,21). The van der Waals surface area contributed by atoms with Crippen LogP contribution in [0.25, 0.3) is 0 Å². The second kappa shape index (κ2) is 6.23. The monoisotopic (exact) mass is 308 g/mol. The summed E-state index contributed by atoms with van der Waals surface area (Å²) >= 11 is 5.72. The third-order valence-corrected chi connectivity index (χ3v) is 2.81. The molecule has 0 heterocycles. The number of halogens is 2. The van der Waals surface area contributed by atoms with E-state index in [0.717, 1.165) is 18.2 Å². The molecule has 2 rings (SSSR count). The summed E-state index contributed by atoms with van der Waals surface area (Å²) < 4.78 is 13.2. The summed E-state index contributed by atoms with van der Waals surface area (Å²) in [6.07, 6.45) is 0. The molecule has 21 heavy (non-hydrogen) atoms. The SMILES string of the molecule is O=C(Nc1ccc(Cl)cc1)Nc1cc(F)ccc1C(=O)O. The lowest BCUT2D eigenvalue weighted by molar-refractivity contribution is 0.0698. The Balaban J connectivity index is 2.14. The van der Waals surface area contributed by atoms with Crippen molar-refractivity contribution in [3.05, 3.63) is 58.9 Å². The average molecular weight is 309 g/mol. The molecule has 3 N–H and O–H groups in total. The van der Waals surface area contributed by atoms with E-state index in [4.69, 9.17) is 16.7 Å². The number of hydrogen-bond donors (Lipinski definition) is 3. The van der Waals surface area contributed by atoms with Crippen LogP contribution in [-0.2, 0) is 0 Å². The van der Waals surface area contributed by atoms with Gasteiger partial charge in [-0.25, -0.2) is 14.0 Å². The molecule has 0 atom stereocenters. The van der Waals surface area contributed by atoms with Gasteiger partial charge in [-0.15, -0.1) is 0 Å². The van der Waals surface area contributed by atoms with Crippen molar-refractivity contribution in [3.63, 3.8) is 0 Å². The van der Waals surface area contributed by atoms with Gasteiger partial charge in [0.15, 0.2) is 0 Å². The van der Waals surface area contributed by atoms with Gasteiger partial charge in [0.2, 0.25) is 0 Å². The third-order valence-electron chi connectivity index (χ3n) is 2.56. The van der Waals surface area contributed by atoms with Gasteiger partial charge in [0.1, 0.15) is 5.82 Å². The zero-order valence-electron chi connectivity index (χ0n) is 10.6. The largest absolute Gasteiger partial charge is 0.478 e. The van der Waals surface area contributed by atoms with Gasteiger partial charge in [-0.2, -0.15) is 0 Å². The van der Waals surface area contributed by atoms with Crippen LogP contribution in [-0.4, -0.2) is 17.1 Å². The number of carboxylic acids is 1. The number of carbonyl (C=O) groups excluding carboxylic acids is 1. The first kappa shape index (κ1) is 14.8. The molecule has 0 radical (unpaired) electrons. The molecule has 7 heteroatoms. The summed E-state index contributed by atoms with van der Waals surface area (Å²) in [4.78, 5) is 22.8. The predicted molar refractivity (Wildman–Crippen MR) is 77.5 cm³/mol. The second-order valence-electron chi connectivity index (χ2n) is 4.08. The van der Waals surface area contributed by atoms with E-state index in [-0.39, 0.29) is 11.3 Å². The highest BCUT2D eigenvalue weighted by Crippen LogP contribution is 2.18. The van der Waals surface area contributed by atoms with Crippen molar-refractivity contribution in [2.45, 2.75) is 0 Å². The van der Waals surface area contributed by atoms with E-state index in [1.165, 1.54) is 0 Å².